The number of rotatable bonds is 2. The summed E-state index contributed by atoms with van der Waals surface area (Å²) in [4.78, 5) is 0. The number of ether oxygens (including phenoxy) is 3. The first-order valence-corrected chi connectivity index (χ1v) is 8.41. The average molecular weight is 389 g/mol. The summed E-state index contributed by atoms with van der Waals surface area (Å²) >= 11 is 0. The minimum Gasteiger partial charge on any atom is -0.494 e. The largest absolute Gasteiger partial charge is 0.494 e. The highest BCUT2D eigenvalue weighted by atomic mass is 35.5. The SMILES string of the molecule is COc1cc(C2NCc3cc4c(cc3-n3cccc32)OCO4)ccc1F.Cl. The fourth-order valence-electron chi connectivity index (χ4n) is 3.65. The first-order valence-electron chi connectivity index (χ1n) is 8.41. The summed E-state index contributed by atoms with van der Waals surface area (Å²) in [7, 11) is 1.47. The lowest BCUT2D eigenvalue weighted by atomic mass is 10.0. The van der Waals surface area contributed by atoms with Gasteiger partial charge in [-0.05, 0) is 41.5 Å². The van der Waals surface area contributed by atoms with Crippen LogP contribution in [-0.4, -0.2) is 18.5 Å². The highest BCUT2D eigenvalue weighted by Crippen LogP contribution is 2.39. The maximum absolute atomic E-state index is 13.8. The third-order valence-electron chi connectivity index (χ3n) is 4.91. The second-order valence-electron chi connectivity index (χ2n) is 6.35. The predicted octanol–water partition coefficient (Wildman–Crippen LogP) is 3.97. The Hall–Kier alpha value is -2.70. The highest BCUT2D eigenvalue weighted by Gasteiger charge is 2.26. The van der Waals surface area contributed by atoms with Gasteiger partial charge in [0.25, 0.3) is 0 Å². The maximum atomic E-state index is 13.8. The number of hydrogen-bond donors (Lipinski definition) is 1. The topological polar surface area (TPSA) is 44.7 Å². The Morgan fingerprint density at radius 3 is 2.78 bits per heavy atom. The van der Waals surface area contributed by atoms with Gasteiger partial charge in [0.1, 0.15) is 0 Å². The van der Waals surface area contributed by atoms with Crippen LogP contribution in [0.4, 0.5) is 4.39 Å². The number of nitrogens with one attached hydrogen (secondary N) is 1. The fraction of sp³-hybridized carbons (Fsp3) is 0.200. The molecular formula is C20H18ClFN2O3. The molecule has 0 fully saturated rings. The molecule has 3 heterocycles. The van der Waals surface area contributed by atoms with Crippen molar-refractivity contribution >= 4 is 12.4 Å². The van der Waals surface area contributed by atoms with E-state index >= 15 is 0 Å². The summed E-state index contributed by atoms with van der Waals surface area (Å²) in [6.07, 6.45) is 2.02. The minimum absolute atomic E-state index is 0. The standard InChI is InChI=1S/C20H17FN2O3.ClH/c1-24-17-7-12(4-5-14(17)21)20-15-3-2-6-23(15)16-9-19-18(25-11-26-19)8-13(16)10-22-20;/h2-9,20,22H,10-11H2,1H3;1H. The first kappa shape index (κ1) is 17.7. The van der Waals surface area contributed by atoms with Crippen molar-refractivity contribution in [1.29, 1.82) is 0 Å². The van der Waals surface area contributed by atoms with Crippen LogP contribution in [0.15, 0.2) is 48.7 Å². The Kier molecular flexibility index (Phi) is 4.45. The van der Waals surface area contributed by atoms with E-state index in [1.54, 1.807) is 12.1 Å². The van der Waals surface area contributed by atoms with Crippen molar-refractivity contribution in [2.24, 2.45) is 0 Å². The predicted molar refractivity (Wildman–Crippen MR) is 101 cm³/mol. The molecule has 0 radical (unpaired) electrons. The molecule has 2 aliphatic heterocycles. The summed E-state index contributed by atoms with van der Waals surface area (Å²) in [6, 6.07) is 13.0. The summed E-state index contributed by atoms with van der Waals surface area (Å²) < 4.78 is 32.2. The first-order chi connectivity index (χ1) is 12.7. The van der Waals surface area contributed by atoms with Crippen LogP contribution < -0.4 is 19.5 Å². The van der Waals surface area contributed by atoms with E-state index in [4.69, 9.17) is 14.2 Å². The summed E-state index contributed by atoms with van der Waals surface area (Å²) in [6.45, 7) is 0.903. The van der Waals surface area contributed by atoms with Crippen molar-refractivity contribution in [2.45, 2.75) is 12.6 Å². The number of hydrogen-bond acceptors (Lipinski definition) is 4. The number of benzene rings is 2. The molecule has 1 atom stereocenters. The van der Waals surface area contributed by atoms with Crippen LogP contribution in [0, 0.1) is 5.82 Å². The van der Waals surface area contributed by atoms with E-state index in [1.165, 1.54) is 13.2 Å². The Bertz CT molecular complexity index is 1000. The number of halogens is 2. The molecule has 0 saturated carbocycles. The normalized spacial score (nSPS) is 16.7. The van der Waals surface area contributed by atoms with Gasteiger partial charge in [0, 0.05) is 24.5 Å². The molecule has 5 nitrogen and oxygen atoms in total. The molecule has 140 valence electrons. The van der Waals surface area contributed by atoms with Gasteiger partial charge in [-0.15, -0.1) is 12.4 Å². The van der Waals surface area contributed by atoms with E-state index < -0.39 is 0 Å². The Labute approximate surface area is 162 Å². The van der Waals surface area contributed by atoms with E-state index in [0.29, 0.717) is 6.54 Å². The Balaban J connectivity index is 0.00000180. The zero-order chi connectivity index (χ0) is 17.7. The lowest BCUT2D eigenvalue weighted by Gasteiger charge is -2.19. The van der Waals surface area contributed by atoms with Crippen molar-refractivity contribution < 1.29 is 18.6 Å². The van der Waals surface area contributed by atoms with Crippen molar-refractivity contribution in [3.05, 3.63) is 71.3 Å². The lowest BCUT2D eigenvalue weighted by Crippen LogP contribution is -2.21. The van der Waals surface area contributed by atoms with E-state index in [1.807, 2.05) is 24.4 Å². The molecule has 27 heavy (non-hydrogen) atoms. The third kappa shape index (κ3) is 2.81. The van der Waals surface area contributed by atoms with Crippen LogP contribution in [0.1, 0.15) is 22.9 Å². The van der Waals surface area contributed by atoms with Crippen molar-refractivity contribution in [2.75, 3.05) is 13.9 Å². The van der Waals surface area contributed by atoms with Gasteiger partial charge in [0.15, 0.2) is 23.1 Å². The average Bonchev–Trinajstić information content (AvgIpc) is 3.28. The molecule has 0 saturated heterocycles. The summed E-state index contributed by atoms with van der Waals surface area (Å²) in [5, 5.41) is 3.56. The van der Waals surface area contributed by atoms with Gasteiger partial charge in [-0.1, -0.05) is 6.07 Å². The summed E-state index contributed by atoms with van der Waals surface area (Å²) in [5.74, 6) is 1.39. The molecule has 1 N–H and O–H groups in total. The third-order valence-corrected chi connectivity index (χ3v) is 4.91. The maximum Gasteiger partial charge on any atom is 0.231 e. The van der Waals surface area contributed by atoms with Crippen molar-refractivity contribution in [3.63, 3.8) is 0 Å². The zero-order valence-corrected chi connectivity index (χ0v) is 15.4. The summed E-state index contributed by atoms with van der Waals surface area (Å²) in [5.41, 5.74) is 4.17. The monoisotopic (exact) mass is 388 g/mol. The molecule has 0 spiro atoms. The Morgan fingerprint density at radius 2 is 1.96 bits per heavy atom. The molecule has 0 bridgehead atoms. The number of nitrogens with zero attached hydrogens (tertiary/aromatic N) is 1. The van der Waals surface area contributed by atoms with Crippen LogP contribution >= 0.6 is 12.4 Å². The van der Waals surface area contributed by atoms with E-state index in [0.717, 1.165) is 34.0 Å². The van der Waals surface area contributed by atoms with Gasteiger partial charge < -0.3 is 24.1 Å². The Morgan fingerprint density at radius 1 is 1.15 bits per heavy atom. The van der Waals surface area contributed by atoms with Crippen molar-refractivity contribution in [3.8, 4) is 22.9 Å². The highest BCUT2D eigenvalue weighted by molar-refractivity contribution is 5.85. The smallest absolute Gasteiger partial charge is 0.231 e. The second kappa shape index (κ2) is 6.79. The van der Waals surface area contributed by atoms with Crippen LogP contribution in [0.25, 0.3) is 5.69 Å². The molecule has 1 unspecified atom stereocenters. The quantitative estimate of drug-likeness (QED) is 0.721. The molecular weight excluding hydrogens is 371 g/mol. The van der Waals surface area contributed by atoms with Gasteiger partial charge in [-0.3, -0.25) is 0 Å². The van der Waals surface area contributed by atoms with Crippen LogP contribution in [0.2, 0.25) is 0 Å². The molecule has 0 amide bonds. The number of methoxy groups -OCH3 is 1. The fourth-order valence-corrected chi connectivity index (χ4v) is 3.65. The molecule has 5 rings (SSSR count). The number of fused-ring (bicyclic) bond motifs is 4. The molecule has 7 heteroatoms. The van der Waals surface area contributed by atoms with Gasteiger partial charge in [0.05, 0.1) is 18.8 Å². The van der Waals surface area contributed by atoms with Crippen molar-refractivity contribution in [1.82, 2.24) is 9.88 Å². The molecule has 2 aliphatic rings. The molecule has 3 aromatic rings. The van der Waals surface area contributed by atoms with Crippen LogP contribution in [0.5, 0.6) is 17.2 Å². The lowest BCUT2D eigenvalue weighted by molar-refractivity contribution is 0.174. The zero-order valence-electron chi connectivity index (χ0n) is 14.6. The van der Waals surface area contributed by atoms with Crippen LogP contribution in [-0.2, 0) is 6.54 Å². The number of aromatic nitrogens is 1. The van der Waals surface area contributed by atoms with E-state index in [2.05, 4.69) is 16.0 Å². The molecule has 0 aliphatic carbocycles. The van der Waals surface area contributed by atoms with Crippen LogP contribution in [0.3, 0.4) is 0 Å². The van der Waals surface area contributed by atoms with Gasteiger partial charge >= 0.3 is 0 Å². The minimum atomic E-state index is -0.366. The van der Waals surface area contributed by atoms with Gasteiger partial charge in [-0.2, -0.15) is 0 Å². The van der Waals surface area contributed by atoms with Gasteiger partial charge in [0.2, 0.25) is 6.79 Å². The molecule has 2 aromatic carbocycles. The van der Waals surface area contributed by atoms with E-state index in [9.17, 15) is 4.39 Å². The van der Waals surface area contributed by atoms with E-state index in [-0.39, 0.29) is 36.8 Å². The molecule has 1 aromatic heterocycles. The van der Waals surface area contributed by atoms with Gasteiger partial charge in [-0.25, -0.2) is 4.39 Å². The second-order valence-corrected chi connectivity index (χ2v) is 6.35.